The Labute approximate surface area is 258 Å². The highest BCUT2D eigenvalue weighted by Crippen LogP contribution is 2.42. The van der Waals surface area contributed by atoms with E-state index in [-0.39, 0.29) is 0 Å². The molecule has 0 saturated heterocycles. The van der Waals surface area contributed by atoms with Crippen LogP contribution in [0.3, 0.4) is 0 Å². The van der Waals surface area contributed by atoms with Gasteiger partial charge in [0, 0.05) is 49.3 Å². The first-order valence-electron chi connectivity index (χ1n) is 15.4. The van der Waals surface area contributed by atoms with Crippen LogP contribution in [0, 0.1) is 0 Å². The van der Waals surface area contributed by atoms with Gasteiger partial charge in [0.15, 0.2) is 0 Å². The molecule has 45 heavy (non-hydrogen) atoms. The first-order valence-corrected chi connectivity index (χ1v) is 15.4. The molecular weight excluding hydrogens is 548 g/mol. The summed E-state index contributed by atoms with van der Waals surface area (Å²) < 4.78 is 8.69. The van der Waals surface area contributed by atoms with Gasteiger partial charge in [0.1, 0.15) is 11.2 Å². The SMILES string of the molecule is c1ccc2c(c1)oc1c(-c3ccc(Nc4ccc(-c5cc6c7ccccc7n7c8ccccc8c(c5)c67)cc4)cc3)cccc12. The monoisotopic (exact) mass is 574 g/mol. The van der Waals surface area contributed by atoms with Crippen LogP contribution in [0.25, 0.3) is 82.3 Å². The predicted octanol–water partition coefficient (Wildman–Crippen LogP) is 11.8. The van der Waals surface area contributed by atoms with Crippen molar-refractivity contribution >= 4 is 71.4 Å². The van der Waals surface area contributed by atoms with Gasteiger partial charge in [-0.1, -0.05) is 97.1 Å². The van der Waals surface area contributed by atoms with Gasteiger partial charge in [-0.3, -0.25) is 0 Å². The van der Waals surface area contributed by atoms with Crippen molar-refractivity contribution in [2.45, 2.75) is 0 Å². The fourth-order valence-corrected chi connectivity index (χ4v) is 7.24. The summed E-state index contributed by atoms with van der Waals surface area (Å²) in [6.45, 7) is 0. The van der Waals surface area contributed by atoms with Crippen LogP contribution < -0.4 is 5.32 Å². The lowest BCUT2D eigenvalue weighted by atomic mass is 9.99. The average molecular weight is 575 g/mol. The van der Waals surface area contributed by atoms with Crippen molar-refractivity contribution in [3.63, 3.8) is 0 Å². The summed E-state index contributed by atoms with van der Waals surface area (Å²) in [5.74, 6) is 0. The summed E-state index contributed by atoms with van der Waals surface area (Å²) in [4.78, 5) is 0. The Kier molecular flexibility index (Phi) is 5.00. The summed E-state index contributed by atoms with van der Waals surface area (Å²) >= 11 is 0. The van der Waals surface area contributed by atoms with Gasteiger partial charge < -0.3 is 14.1 Å². The van der Waals surface area contributed by atoms with E-state index in [1.165, 1.54) is 49.2 Å². The van der Waals surface area contributed by atoms with Crippen LogP contribution in [0.15, 0.2) is 156 Å². The number of fused-ring (bicyclic) bond motifs is 9. The predicted molar refractivity (Wildman–Crippen MR) is 189 cm³/mol. The van der Waals surface area contributed by atoms with Gasteiger partial charge in [-0.15, -0.1) is 0 Å². The highest BCUT2D eigenvalue weighted by Gasteiger charge is 2.18. The van der Waals surface area contributed by atoms with Crippen LogP contribution in [0.2, 0.25) is 0 Å². The van der Waals surface area contributed by atoms with Crippen LogP contribution >= 0.6 is 0 Å². The van der Waals surface area contributed by atoms with Crippen molar-refractivity contribution in [2.24, 2.45) is 0 Å². The molecule has 10 aromatic rings. The summed E-state index contributed by atoms with van der Waals surface area (Å²) in [5, 5.41) is 11.1. The van der Waals surface area contributed by atoms with Crippen molar-refractivity contribution in [1.82, 2.24) is 4.40 Å². The molecule has 210 valence electrons. The van der Waals surface area contributed by atoms with Crippen LogP contribution in [0.4, 0.5) is 11.4 Å². The zero-order valence-corrected chi connectivity index (χ0v) is 24.3. The first-order chi connectivity index (χ1) is 22.3. The quantitative estimate of drug-likeness (QED) is 0.227. The third kappa shape index (κ3) is 3.58. The second kappa shape index (κ2) is 9.22. The largest absolute Gasteiger partial charge is 0.455 e. The smallest absolute Gasteiger partial charge is 0.143 e. The van der Waals surface area contributed by atoms with Crippen LogP contribution in [-0.4, -0.2) is 4.40 Å². The van der Waals surface area contributed by atoms with Gasteiger partial charge in [0.2, 0.25) is 0 Å². The van der Waals surface area contributed by atoms with E-state index in [2.05, 4.69) is 149 Å². The molecule has 0 spiro atoms. The Balaban J connectivity index is 0.982. The molecule has 0 bridgehead atoms. The third-order valence-corrected chi connectivity index (χ3v) is 9.31. The molecular formula is C42H26N2O. The Bertz CT molecular complexity index is 2630. The normalized spacial score (nSPS) is 12.0. The van der Waals surface area contributed by atoms with E-state index in [0.29, 0.717) is 0 Å². The number of furan rings is 1. The lowest BCUT2D eigenvalue weighted by molar-refractivity contribution is 0.670. The topological polar surface area (TPSA) is 29.6 Å². The molecule has 0 atom stereocenters. The van der Waals surface area contributed by atoms with Crippen molar-refractivity contribution in [3.8, 4) is 22.3 Å². The number of rotatable bonds is 4. The number of nitrogens with zero attached hydrogens (tertiary/aromatic N) is 1. The number of hydrogen-bond donors (Lipinski definition) is 1. The van der Waals surface area contributed by atoms with E-state index in [1.807, 2.05) is 12.1 Å². The number of anilines is 2. The Morgan fingerprint density at radius 1 is 0.422 bits per heavy atom. The maximum absolute atomic E-state index is 6.27. The highest BCUT2D eigenvalue weighted by atomic mass is 16.3. The summed E-state index contributed by atoms with van der Waals surface area (Å²) in [5.41, 5.74) is 12.4. The Morgan fingerprint density at radius 3 is 1.64 bits per heavy atom. The van der Waals surface area contributed by atoms with Crippen LogP contribution in [0.5, 0.6) is 0 Å². The van der Waals surface area contributed by atoms with Gasteiger partial charge in [-0.2, -0.15) is 0 Å². The lowest BCUT2D eigenvalue weighted by Crippen LogP contribution is -1.90. The Morgan fingerprint density at radius 2 is 0.978 bits per heavy atom. The minimum absolute atomic E-state index is 0.919. The van der Waals surface area contributed by atoms with Crippen LogP contribution in [0.1, 0.15) is 0 Å². The van der Waals surface area contributed by atoms with Gasteiger partial charge >= 0.3 is 0 Å². The zero-order chi connectivity index (χ0) is 29.5. The standard InChI is InChI=1S/C42H26N2O/c1-4-13-38-32(8-1)36-24-28(25-37-33-9-2-5-14-39(33)44(38)41(36)37)26-16-20-29(21-17-26)43-30-22-18-27(19-23-30)31-11-7-12-35-34-10-3-6-15-40(34)45-42(31)35/h1-25,43H. The van der Waals surface area contributed by atoms with Gasteiger partial charge in [0.05, 0.1) is 16.6 Å². The second-order valence-electron chi connectivity index (χ2n) is 11.8. The number of para-hydroxylation sites is 4. The first kappa shape index (κ1) is 24.4. The maximum atomic E-state index is 6.27. The number of aromatic nitrogens is 1. The zero-order valence-electron chi connectivity index (χ0n) is 24.3. The number of hydrogen-bond acceptors (Lipinski definition) is 2. The average Bonchev–Trinajstić information content (AvgIpc) is 3.76. The van der Waals surface area contributed by atoms with E-state index in [0.717, 1.165) is 44.4 Å². The molecule has 7 aromatic carbocycles. The van der Waals surface area contributed by atoms with Gasteiger partial charge in [-0.25, -0.2) is 0 Å². The van der Waals surface area contributed by atoms with E-state index in [1.54, 1.807) is 0 Å². The minimum atomic E-state index is 0.919. The summed E-state index contributed by atoms with van der Waals surface area (Å²) in [6, 6.07) is 54.1. The second-order valence-corrected chi connectivity index (χ2v) is 11.8. The molecule has 0 unspecified atom stereocenters. The van der Waals surface area contributed by atoms with Crippen LogP contribution in [-0.2, 0) is 0 Å². The molecule has 0 aliphatic heterocycles. The maximum Gasteiger partial charge on any atom is 0.143 e. The Hall–Kier alpha value is -6.06. The highest BCUT2D eigenvalue weighted by molar-refractivity contribution is 6.24. The van der Waals surface area contributed by atoms with Crippen molar-refractivity contribution < 1.29 is 4.42 Å². The molecule has 3 heteroatoms. The molecule has 0 fully saturated rings. The molecule has 0 aliphatic rings. The van der Waals surface area contributed by atoms with Gasteiger partial charge in [-0.05, 0) is 71.3 Å². The van der Waals surface area contributed by atoms with Gasteiger partial charge in [0.25, 0.3) is 0 Å². The number of benzene rings is 7. The molecule has 3 aromatic heterocycles. The molecule has 0 amide bonds. The third-order valence-electron chi connectivity index (χ3n) is 9.31. The van der Waals surface area contributed by atoms with Crippen molar-refractivity contribution in [3.05, 3.63) is 152 Å². The van der Waals surface area contributed by atoms with E-state index in [9.17, 15) is 0 Å². The van der Waals surface area contributed by atoms with Crippen molar-refractivity contribution in [2.75, 3.05) is 5.32 Å². The molecule has 1 N–H and O–H groups in total. The van der Waals surface area contributed by atoms with Crippen molar-refractivity contribution in [1.29, 1.82) is 0 Å². The van der Waals surface area contributed by atoms with E-state index >= 15 is 0 Å². The molecule has 3 nitrogen and oxygen atoms in total. The number of nitrogens with one attached hydrogen (secondary N) is 1. The molecule has 0 aliphatic carbocycles. The molecule has 3 heterocycles. The minimum Gasteiger partial charge on any atom is -0.455 e. The summed E-state index contributed by atoms with van der Waals surface area (Å²) in [7, 11) is 0. The van der Waals surface area contributed by atoms with E-state index in [4.69, 9.17) is 4.42 Å². The molecule has 0 saturated carbocycles. The summed E-state index contributed by atoms with van der Waals surface area (Å²) in [6.07, 6.45) is 0. The van der Waals surface area contributed by atoms with E-state index < -0.39 is 0 Å². The fourth-order valence-electron chi connectivity index (χ4n) is 7.24. The molecule has 10 rings (SSSR count). The fraction of sp³-hybridized carbons (Fsp3) is 0. The molecule has 0 radical (unpaired) electrons. The lowest BCUT2D eigenvalue weighted by Gasteiger charge is -2.10.